The second-order valence-corrected chi connectivity index (χ2v) is 6.56. The molecular formula is C15H15NO4S. The zero-order chi connectivity index (χ0) is 15.5. The largest absolute Gasteiger partial charge is 0.480 e. The van der Waals surface area contributed by atoms with Crippen molar-refractivity contribution in [3.8, 4) is 0 Å². The maximum Gasteiger partial charge on any atom is 0.320 e. The van der Waals surface area contributed by atoms with Gasteiger partial charge < -0.3 is 10.8 Å². The summed E-state index contributed by atoms with van der Waals surface area (Å²) in [4.78, 5) is 11.1. The topological polar surface area (TPSA) is 97.5 Å². The average Bonchev–Trinajstić information content (AvgIpc) is 2.48. The molecular weight excluding hydrogens is 290 g/mol. The van der Waals surface area contributed by atoms with Crippen LogP contribution in [0.1, 0.15) is 5.56 Å². The van der Waals surface area contributed by atoms with Crippen molar-refractivity contribution < 1.29 is 18.3 Å². The van der Waals surface area contributed by atoms with Gasteiger partial charge in [0.15, 0.2) is 0 Å². The SMILES string of the molecule is N[C@@H](Cc1ccc(S(=O)(=O)c2ccccc2)cc1)C(=O)O. The highest BCUT2D eigenvalue weighted by Gasteiger charge is 2.17. The molecule has 0 aliphatic heterocycles. The highest BCUT2D eigenvalue weighted by Crippen LogP contribution is 2.21. The number of benzene rings is 2. The van der Waals surface area contributed by atoms with Gasteiger partial charge in [-0.3, -0.25) is 4.79 Å². The van der Waals surface area contributed by atoms with Crippen LogP contribution in [0.4, 0.5) is 0 Å². The molecule has 0 aromatic heterocycles. The fourth-order valence-electron chi connectivity index (χ4n) is 1.88. The fourth-order valence-corrected chi connectivity index (χ4v) is 3.16. The second-order valence-electron chi connectivity index (χ2n) is 4.61. The number of aliphatic carboxylic acids is 1. The Labute approximate surface area is 123 Å². The van der Waals surface area contributed by atoms with Crippen LogP contribution in [0.5, 0.6) is 0 Å². The summed E-state index contributed by atoms with van der Waals surface area (Å²) < 4.78 is 24.7. The summed E-state index contributed by atoms with van der Waals surface area (Å²) in [5.41, 5.74) is 6.12. The van der Waals surface area contributed by atoms with Crippen molar-refractivity contribution in [1.29, 1.82) is 0 Å². The van der Waals surface area contributed by atoms with Gasteiger partial charge in [0.2, 0.25) is 9.84 Å². The number of carboxylic acid groups (broad SMARTS) is 1. The lowest BCUT2D eigenvalue weighted by Gasteiger charge is -2.08. The molecule has 21 heavy (non-hydrogen) atoms. The summed E-state index contributed by atoms with van der Waals surface area (Å²) in [7, 11) is -3.55. The van der Waals surface area contributed by atoms with Gasteiger partial charge in [0.05, 0.1) is 9.79 Å². The third kappa shape index (κ3) is 3.48. The molecule has 0 unspecified atom stereocenters. The second kappa shape index (κ2) is 6.07. The van der Waals surface area contributed by atoms with Gasteiger partial charge in [-0.05, 0) is 36.2 Å². The van der Waals surface area contributed by atoms with Gasteiger partial charge in [-0.15, -0.1) is 0 Å². The summed E-state index contributed by atoms with van der Waals surface area (Å²) in [6.07, 6.45) is 0.154. The average molecular weight is 305 g/mol. The van der Waals surface area contributed by atoms with Crippen LogP contribution >= 0.6 is 0 Å². The van der Waals surface area contributed by atoms with Gasteiger partial charge in [-0.2, -0.15) is 0 Å². The molecule has 0 bridgehead atoms. The van der Waals surface area contributed by atoms with Crippen LogP contribution in [0, 0.1) is 0 Å². The Morgan fingerprint density at radius 2 is 1.52 bits per heavy atom. The van der Waals surface area contributed by atoms with E-state index in [1.165, 1.54) is 24.3 Å². The molecule has 0 saturated carbocycles. The van der Waals surface area contributed by atoms with Gasteiger partial charge >= 0.3 is 5.97 Å². The van der Waals surface area contributed by atoms with Crippen LogP contribution in [0.3, 0.4) is 0 Å². The highest BCUT2D eigenvalue weighted by molar-refractivity contribution is 7.91. The van der Waals surface area contributed by atoms with Crippen LogP contribution < -0.4 is 5.73 Å². The van der Waals surface area contributed by atoms with E-state index in [4.69, 9.17) is 10.8 Å². The summed E-state index contributed by atoms with van der Waals surface area (Å²) in [5.74, 6) is -1.09. The smallest absolute Gasteiger partial charge is 0.320 e. The predicted octanol–water partition coefficient (Wildman–Crippen LogP) is 1.47. The monoisotopic (exact) mass is 305 g/mol. The van der Waals surface area contributed by atoms with Crippen molar-refractivity contribution in [3.05, 3.63) is 60.2 Å². The Morgan fingerprint density at radius 3 is 2.05 bits per heavy atom. The molecule has 0 saturated heterocycles. The van der Waals surface area contributed by atoms with Crippen molar-refractivity contribution in [2.75, 3.05) is 0 Å². The Morgan fingerprint density at radius 1 is 1.00 bits per heavy atom. The van der Waals surface area contributed by atoms with Gasteiger partial charge in [0.1, 0.15) is 6.04 Å². The minimum atomic E-state index is -3.55. The van der Waals surface area contributed by atoms with E-state index < -0.39 is 21.8 Å². The lowest BCUT2D eigenvalue weighted by Crippen LogP contribution is -2.32. The maximum atomic E-state index is 12.4. The number of sulfone groups is 1. The molecule has 0 aliphatic rings. The molecule has 2 aromatic carbocycles. The number of rotatable bonds is 5. The summed E-state index contributed by atoms with van der Waals surface area (Å²) in [5, 5.41) is 8.75. The predicted molar refractivity (Wildman–Crippen MR) is 77.7 cm³/mol. The molecule has 1 atom stereocenters. The van der Waals surface area contributed by atoms with E-state index >= 15 is 0 Å². The molecule has 0 radical (unpaired) electrons. The lowest BCUT2D eigenvalue weighted by atomic mass is 10.1. The van der Waals surface area contributed by atoms with Crippen molar-refractivity contribution in [3.63, 3.8) is 0 Å². The van der Waals surface area contributed by atoms with Gasteiger partial charge in [-0.25, -0.2) is 8.42 Å². The Balaban J connectivity index is 2.25. The normalized spacial score (nSPS) is 12.8. The number of carboxylic acids is 1. The van der Waals surface area contributed by atoms with Crippen LogP contribution in [0.15, 0.2) is 64.4 Å². The number of nitrogens with two attached hydrogens (primary N) is 1. The number of hydrogen-bond acceptors (Lipinski definition) is 4. The number of hydrogen-bond donors (Lipinski definition) is 2. The standard InChI is InChI=1S/C15H15NO4S/c16-14(15(17)18)10-11-6-8-13(9-7-11)21(19,20)12-4-2-1-3-5-12/h1-9,14H,10,16H2,(H,17,18)/t14-/m0/s1. The first-order chi connectivity index (χ1) is 9.91. The quantitative estimate of drug-likeness (QED) is 0.872. The summed E-state index contributed by atoms with van der Waals surface area (Å²) >= 11 is 0. The van der Waals surface area contributed by atoms with Crippen molar-refractivity contribution in [2.45, 2.75) is 22.3 Å². The fraction of sp³-hybridized carbons (Fsp3) is 0.133. The van der Waals surface area contributed by atoms with E-state index in [0.29, 0.717) is 5.56 Å². The van der Waals surface area contributed by atoms with Gasteiger partial charge in [0, 0.05) is 0 Å². The molecule has 0 spiro atoms. The zero-order valence-electron chi connectivity index (χ0n) is 11.1. The highest BCUT2D eigenvalue weighted by atomic mass is 32.2. The maximum absolute atomic E-state index is 12.4. The van der Waals surface area contributed by atoms with Crippen LogP contribution in [0.25, 0.3) is 0 Å². The van der Waals surface area contributed by atoms with Crippen LogP contribution in [0.2, 0.25) is 0 Å². The minimum absolute atomic E-state index is 0.154. The first-order valence-electron chi connectivity index (χ1n) is 6.29. The first kappa shape index (κ1) is 15.2. The Bertz CT molecular complexity index is 724. The van der Waals surface area contributed by atoms with E-state index in [9.17, 15) is 13.2 Å². The first-order valence-corrected chi connectivity index (χ1v) is 7.77. The molecule has 2 rings (SSSR count). The molecule has 2 aromatic rings. The van der Waals surface area contributed by atoms with Crippen molar-refractivity contribution in [2.24, 2.45) is 5.73 Å². The molecule has 0 heterocycles. The summed E-state index contributed by atoms with van der Waals surface area (Å²) in [6.45, 7) is 0. The molecule has 0 fully saturated rings. The van der Waals surface area contributed by atoms with Crippen molar-refractivity contribution >= 4 is 15.8 Å². The third-order valence-corrected chi connectivity index (χ3v) is 4.85. The molecule has 0 amide bonds. The Hall–Kier alpha value is -2.18. The van der Waals surface area contributed by atoms with Crippen LogP contribution in [-0.2, 0) is 21.1 Å². The van der Waals surface area contributed by atoms with E-state index in [0.717, 1.165) is 0 Å². The molecule has 3 N–H and O–H groups in total. The van der Waals surface area contributed by atoms with E-state index in [1.54, 1.807) is 30.3 Å². The van der Waals surface area contributed by atoms with Crippen LogP contribution in [-0.4, -0.2) is 25.5 Å². The molecule has 0 aliphatic carbocycles. The lowest BCUT2D eigenvalue weighted by molar-refractivity contribution is -0.138. The molecule has 5 nitrogen and oxygen atoms in total. The van der Waals surface area contributed by atoms with E-state index in [1.807, 2.05) is 0 Å². The Kier molecular flexibility index (Phi) is 4.40. The number of carbonyl (C=O) groups is 1. The van der Waals surface area contributed by atoms with Gasteiger partial charge in [0.25, 0.3) is 0 Å². The van der Waals surface area contributed by atoms with Crippen molar-refractivity contribution in [1.82, 2.24) is 0 Å². The van der Waals surface area contributed by atoms with Gasteiger partial charge in [-0.1, -0.05) is 30.3 Å². The van der Waals surface area contributed by atoms with E-state index in [2.05, 4.69) is 0 Å². The zero-order valence-corrected chi connectivity index (χ0v) is 12.0. The minimum Gasteiger partial charge on any atom is -0.480 e. The summed E-state index contributed by atoms with van der Waals surface area (Å²) in [6, 6.07) is 13.2. The van der Waals surface area contributed by atoms with E-state index in [-0.39, 0.29) is 16.2 Å². The molecule has 6 heteroatoms. The molecule has 110 valence electrons. The third-order valence-electron chi connectivity index (χ3n) is 3.06.